The molecule has 274 valence electrons. The van der Waals surface area contributed by atoms with Crippen molar-refractivity contribution in [2.45, 2.75) is 117 Å². The van der Waals surface area contributed by atoms with Crippen LogP contribution in [0.4, 0.5) is 5.69 Å². The van der Waals surface area contributed by atoms with E-state index in [9.17, 15) is 14.4 Å². The van der Waals surface area contributed by atoms with Crippen LogP contribution >= 0.6 is 0 Å². The summed E-state index contributed by atoms with van der Waals surface area (Å²) in [6.45, 7) is 15.4. The first-order valence-corrected chi connectivity index (χ1v) is 17.9. The minimum Gasteiger partial charge on any atom is -0.458 e. The fourth-order valence-corrected chi connectivity index (χ4v) is 5.33. The van der Waals surface area contributed by atoms with Crippen LogP contribution in [0.5, 0.6) is 0 Å². The van der Waals surface area contributed by atoms with Gasteiger partial charge in [0.15, 0.2) is 12.2 Å². The molecule has 0 spiro atoms. The van der Waals surface area contributed by atoms with Crippen LogP contribution in [0.15, 0.2) is 60.7 Å². The number of anilines is 1. The molecular weight excluding hydrogens is 632 g/mol. The number of fused-ring (bicyclic) bond motifs is 1. The number of benzene rings is 3. The van der Waals surface area contributed by atoms with Crippen molar-refractivity contribution in [3.8, 4) is 0 Å². The molecule has 0 heterocycles. The summed E-state index contributed by atoms with van der Waals surface area (Å²) in [6, 6.07) is 21.1. The zero-order valence-corrected chi connectivity index (χ0v) is 31.4. The summed E-state index contributed by atoms with van der Waals surface area (Å²) in [5.41, 5.74) is 3.20. The van der Waals surface area contributed by atoms with Gasteiger partial charge in [0, 0.05) is 25.4 Å². The molecule has 3 rings (SSSR count). The molecule has 0 bridgehead atoms. The molecule has 0 aromatic heterocycles. The molecule has 50 heavy (non-hydrogen) atoms. The molecule has 0 saturated heterocycles. The van der Waals surface area contributed by atoms with Crippen LogP contribution in [0.3, 0.4) is 0 Å². The second-order valence-corrected chi connectivity index (χ2v) is 14.9. The third kappa shape index (κ3) is 14.9. The van der Waals surface area contributed by atoms with Crippen molar-refractivity contribution in [2.75, 3.05) is 31.6 Å². The molecule has 9 nitrogen and oxygen atoms in total. The highest BCUT2D eigenvalue weighted by Crippen LogP contribution is 2.19. The van der Waals surface area contributed by atoms with Gasteiger partial charge in [-0.05, 0) is 127 Å². The molecule has 9 heteroatoms. The molecule has 3 aromatic rings. The Morgan fingerprint density at radius 3 is 2.08 bits per heavy atom. The number of carbonyl (C=O) groups is 3. The van der Waals surface area contributed by atoms with Gasteiger partial charge in [-0.3, -0.25) is 4.79 Å². The highest BCUT2D eigenvalue weighted by atomic mass is 16.6. The Morgan fingerprint density at radius 1 is 0.680 bits per heavy atom. The van der Waals surface area contributed by atoms with Crippen molar-refractivity contribution in [3.05, 3.63) is 77.4 Å². The normalized spacial score (nSPS) is 13.0. The zero-order chi connectivity index (χ0) is 36.7. The smallest absolute Gasteiger partial charge is 0.339 e. The molecule has 0 fully saturated rings. The Labute approximate surface area is 298 Å². The minimum atomic E-state index is -1.47. The van der Waals surface area contributed by atoms with Crippen LogP contribution in [-0.2, 0) is 39.8 Å². The topological polar surface area (TPSA) is 112 Å². The van der Waals surface area contributed by atoms with E-state index in [1.54, 1.807) is 41.5 Å². The molecule has 0 aliphatic carbocycles. The average Bonchev–Trinajstić information content (AvgIpc) is 3.03. The van der Waals surface area contributed by atoms with Crippen molar-refractivity contribution in [2.24, 2.45) is 0 Å². The maximum absolute atomic E-state index is 13.6. The van der Waals surface area contributed by atoms with Gasteiger partial charge < -0.3 is 29.6 Å². The van der Waals surface area contributed by atoms with Gasteiger partial charge in [0.25, 0.3) is 5.91 Å². The Morgan fingerprint density at radius 2 is 1.38 bits per heavy atom. The monoisotopic (exact) mass is 690 g/mol. The lowest BCUT2D eigenvalue weighted by atomic mass is 10.0. The van der Waals surface area contributed by atoms with Crippen LogP contribution < -0.4 is 10.6 Å². The predicted molar refractivity (Wildman–Crippen MR) is 199 cm³/mol. The third-order valence-electron chi connectivity index (χ3n) is 7.93. The lowest BCUT2D eigenvalue weighted by molar-refractivity contribution is -0.187. The number of hydrogen-bond acceptors (Lipinski definition) is 8. The second-order valence-electron chi connectivity index (χ2n) is 14.9. The summed E-state index contributed by atoms with van der Waals surface area (Å²) >= 11 is 0. The lowest BCUT2D eigenvalue weighted by Crippen LogP contribution is -2.51. The number of nitrogens with one attached hydrogen (secondary N) is 2. The number of esters is 2. The Hall–Kier alpha value is -3.95. The van der Waals surface area contributed by atoms with Gasteiger partial charge in [-0.15, -0.1) is 0 Å². The number of amides is 1. The number of rotatable bonds is 19. The summed E-state index contributed by atoms with van der Waals surface area (Å²) < 4.78 is 22.8. The van der Waals surface area contributed by atoms with Crippen LogP contribution in [0.2, 0.25) is 0 Å². The molecule has 0 aliphatic rings. The second kappa shape index (κ2) is 19.4. The molecule has 0 saturated carbocycles. The van der Waals surface area contributed by atoms with Crippen LogP contribution in [-0.4, -0.2) is 67.6 Å². The maximum Gasteiger partial charge on any atom is 0.339 e. The summed E-state index contributed by atoms with van der Waals surface area (Å²) in [4.78, 5) is 39.6. The van der Waals surface area contributed by atoms with Crippen molar-refractivity contribution in [1.29, 1.82) is 0 Å². The Bertz CT molecular complexity index is 1540. The van der Waals surface area contributed by atoms with E-state index in [0.29, 0.717) is 19.5 Å². The van der Waals surface area contributed by atoms with E-state index in [2.05, 4.69) is 73.0 Å². The molecule has 1 amide bonds. The van der Waals surface area contributed by atoms with E-state index >= 15 is 0 Å². The van der Waals surface area contributed by atoms with Gasteiger partial charge in [-0.25, -0.2) is 9.59 Å². The highest BCUT2D eigenvalue weighted by Gasteiger charge is 2.39. The number of carbonyl (C=O) groups excluding carboxylic acids is 3. The molecule has 2 N–H and O–H groups in total. The standard InChI is InChI=1S/C41H58N2O7/c1-29-19-22-34(26-30(29)2)42-23-14-15-25-47-36(37(39(46)50-41(6,7)8)48-28-35(44)49-40(3,4)5)38(45)43-24-13-9-10-16-31-20-21-32-17-11-12-18-33(32)27-31/h11-12,17-22,26-27,36-37,42H,9-10,13-16,23-25,28H2,1-8H3,(H,43,45). The molecule has 0 radical (unpaired) electrons. The van der Waals surface area contributed by atoms with E-state index in [0.717, 1.165) is 37.8 Å². The Kier molecular flexibility index (Phi) is 15.7. The number of unbranched alkanes of at least 4 members (excludes halogenated alkanes) is 3. The van der Waals surface area contributed by atoms with Gasteiger partial charge in [-0.2, -0.15) is 0 Å². The van der Waals surface area contributed by atoms with Crippen molar-refractivity contribution >= 4 is 34.3 Å². The molecule has 2 unspecified atom stereocenters. The van der Waals surface area contributed by atoms with Crippen LogP contribution in [0.25, 0.3) is 10.8 Å². The Balaban J connectivity index is 1.60. The van der Waals surface area contributed by atoms with E-state index in [-0.39, 0.29) is 6.61 Å². The average molecular weight is 691 g/mol. The summed E-state index contributed by atoms with van der Waals surface area (Å²) in [6.07, 6.45) is 2.20. The first-order chi connectivity index (χ1) is 23.6. The summed E-state index contributed by atoms with van der Waals surface area (Å²) in [5.74, 6) is -1.94. The molecular formula is C41H58N2O7. The number of aryl methyl sites for hydroxylation is 3. The SMILES string of the molecule is Cc1ccc(NCCCCOC(C(=O)NCCCCCc2ccc3ccccc3c2)C(OCC(=O)OC(C)(C)C)C(=O)OC(C)(C)C)cc1C. The number of hydrogen-bond donors (Lipinski definition) is 2. The van der Waals surface area contributed by atoms with Crippen LogP contribution in [0.1, 0.15) is 90.3 Å². The van der Waals surface area contributed by atoms with Gasteiger partial charge in [0.1, 0.15) is 17.8 Å². The zero-order valence-electron chi connectivity index (χ0n) is 31.4. The third-order valence-corrected chi connectivity index (χ3v) is 7.93. The van der Waals surface area contributed by atoms with Crippen LogP contribution in [0, 0.1) is 13.8 Å². The van der Waals surface area contributed by atoms with Gasteiger partial charge >= 0.3 is 11.9 Å². The highest BCUT2D eigenvalue weighted by molar-refractivity contribution is 5.89. The summed E-state index contributed by atoms with van der Waals surface area (Å²) in [5, 5.41) is 8.81. The van der Waals surface area contributed by atoms with Gasteiger partial charge in [0.05, 0.1) is 0 Å². The first-order valence-electron chi connectivity index (χ1n) is 17.9. The van der Waals surface area contributed by atoms with E-state index in [1.807, 2.05) is 12.1 Å². The molecule has 3 aromatic carbocycles. The fourth-order valence-electron chi connectivity index (χ4n) is 5.33. The fraction of sp³-hybridized carbons (Fsp3) is 0.537. The first kappa shape index (κ1) is 40.5. The van der Waals surface area contributed by atoms with E-state index in [4.69, 9.17) is 18.9 Å². The number of ether oxygens (including phenoxy) is 4. The van der Waals surface area contributed by atoms with Gasteiger partial charge in [-0.1, -0.05) is 55.0 Å². The van der Waals surface area contributed by atoms with Gasteiger partial charge in [0.2, 0.25) is 0 Å². The lowest BCUT2D eigenvalue weighted by Gasteiger charge is -2.29. The van der Waals surface area contributed by atoms with Crippen molar-refractivity contribution < 1.29 is 33.3 Å². The van der Waals surface area contributed by atoms with E-state index in [1.165, 1.54) is 27.5 Å². The van der Waals surface area contributed by atoms with Crippen molar-refractivity contribution in [3.63, 3.8) is 0 Å². The minimum absolute atomic E-state index is 0.202. The van der Waals surface area contributed by atoms with E-state index < -0.39 is 47.9 Å². The maximum atomic E-state index is 13.6. The largest absolute Gasteiger partial charge is 0.458 e. The summed E-state index contributed by atoms with van der Waals surface area (Å²) in [7, 11) is 0. The quantitative estimate of drug-likeness (QED) is 0.0976. The predicted octanol–water partition coefficient (Wildman–Crippen LogP) is 7.63. The molecule has 2 atom stereocenters. The van der Waals surface area contributed by atoms with Crippen molar-refractivity contribution in [1.82, 2.24) is 5.32 Å². The molecule has 0 aliphatic heterocycles.